The van der Waals surface area contributed by atoms with E-state index in [9.17, 15) is 18.0 Å². The smallest absolute Gasteiger partial charge is 0.355 e. The Hall–Kier alpha value is -2.13. The number of carbonyl (C=O) groups excluding carboxylic acids is 1. The number of benzene rings is 1. The first-order valence-electron chi connectivity index (χ1n) is 9.71. The van der Waals surface area contributed by atoms with Crippen molar-refractivity contribution in [3.8, 4) is 0 Å². The van der Waals surface area contributed by atoms with E-state index in [1.807, 2.05) is 29.2 Å². The molecule has 0 bridgehead atoms. The number of halogens is 4. The number of anilines is 1. The second-order valence-corrected chi connectivity index (χ2v) is 8.31. The summed E-state index contributed by atoms with van der Waals surface area (Å²) in [7, 11) is 1.79. The van der Waals surface area contributed by atoms with Crippen LogP contribution in [0.3, 0.4) is 0 Å². The van der Waals surface area contributed by atoms with E-state index < -0.39 is 11.7 Å². The molecule has 1 amide bonds. The van der Waals surface area contributed by atoms with Crippen LogP contribution in [-0.2, 0) is 17.5 Å². The predicted molar refractivity (Wildman–Crippen MR) is 113 cm³/mol. The summed E-state index contributed by atoms with van der Waals surface area (Å²) in [6, 6.07) is 10.3. The molecule has 0 radical (unpaired) electrons. The van der Waals surface area contributed by atoms with Crippen molar-refractivity contribution in [3.05, 3.63) is 58.2 Å². The lowest BCUT2D eigenvalue weighted by Gasteiger charge is -2.25. The van der Waals surface area contributed by atoms with Crippen LogP contribution >= 0.6 is 15.9 Å². The Morgan fingerprint density at radius 2 is 1.83 bits per heavy atom. The van der Waals surface area contributed by atoms with Crippen LogP contribution in [0.5, 0.6) is 0 Å². The lowest BCUT2D eigenvalue weighted by atomic mass is 10.2. The summed E-state index contributed by atoms with van der Waals surface area (Å²) in [5, 5.41) is 0. The minimum atomic E-state index is -4.39. The van der Waals surface area contributed by atoms with Crippen LogP contribution in [0.25, 0.3) is 0 Å². The highest BCUT2D eigenvalue weighted by Crippen LogP contribution is 2.29. The monoisotopic (exact) mass is 484 g/mol. The first kappa shape index (κ1) is 22.6. The first-order chi connectivity index (χ1) is 14.2. The number of likely N-dealkylation sites (N-methyl/N-ethyl adjacent to an activating group) is 1. The van der Waals surface area contributed by atoms with Crippen molar-refractivity contribution in [1.82, 2.24) is 14.8 Å². The van der Waals surface area contributed by atoms with Crippen LogP contribution < -0.4 is 4.90 Å². The Morgan fingerprint density at radius 1 is 1.10 bits per heavy atom. The maximum Gasteiger partial charge on any atom is 0.417 e. The van der Waals surface area contributed by atoms with Crippen molar-refractivity contribution in [2.45, 2.75) is 19.1 Å². The Kier molecular flexibility index (Phi) is 7.36. The highest BCUT2D eigenvalue weighted by Gasteiger charge is 2.31. The van der Waals surface area contributed by atoms with Gasteiger partial charge >= 0.3 is 6.18 Å². The van der Waals surface area contributed by atoms with E-state index in [2.05, 4.69) is 25.8 Å². The van der Waals surface area contributed by atoms with E-state index >= 15 is 0 Å². The zero-order valence-corrected chi connectivity index (χ0v) is 18.3. The van der Waals surface area contributed by atoms with E-state index in [4.69, 9.17) is 0 Å². The largest absolute Gasteiger partial charge is 0.417 e. The lowest BCUT2D eigenvalue weighted by molar-refractivity contribution is -0.137. The molecule has 0 unspecified atom stereocenters. The normalized spacial score (nSPS) is 15.7. The third-order valence-electron chi connectivity index (χ3n) is 5.11. The number of nitrogens with zero attached hydrogens (tertiary/aromatic N) is 4. The average molecular weight is 485 g/mol. The van der Waals surface area contributed by atoms with E-state index in [1.165, 1.54) is 6.07 Å². The topological polar surface area (TPSA) is 39.7 Å². The maximum absolute atomic E-state index is 12.7. The molecule has 1 saturated heterocycles. The Labute approximate surface area is 182 Å². The lowest BCUT2D eigenvalue weighted by Crippen LogP contribution is -2.40. The molecule has 0 N–H and O–H groups in total. The van der Waals surface area contributed by atoms with Gasteiger partial charge in [0.2, 0.25) is 5.91 Å². The number of carbonyl (C=O) groups is 1. The van der Waals surface area contributed by atoms with E-state index in [0.717, 1.165) is 35.3 Å². The number of hydrogen-bond donors (Lipinski definition) is 0. The van der Waals surface area contributed by atoms with Crippen molar-refractivity contribution in [2.24, 2.45) is 0 Å². The molecule has 1 fully saturated rings. The van der Waals surface area contributed by atoms with Crippen LogP contribution in [0.2, 0.25) is 0 Å². The molecule has 0 atom stereocenters. The summed E-state index contributed by atoms with van der Waals surface area (Å²) in [6.07, 6.45) is -2.70. The van der Waals surface area contributed by atoms with Crippen molar-refractivity contribution in [3.63, 3.8) is 0 Å². The van der Waals surface area contributed by atoms with Gasteiger partial charge in [0, 0.05) is 50.4 Å². The van der Waals surface area contributed by atoms with Crippen molar-refractivity contribution in [2.75, 3.05) is 44.7 Å². The van der Waals surface area contributed by atoms with Crippen molar-refractivity contribution >= 4 is 27.7 Å². The van der Waals surface area contributed by atoms with E-state index in [1.54, 1.807) is 11.9 Å². The molecule has 3 rings (SSSR count). The van der Waals surface area contributed by atoms with Gasteiger partial charge in [-0.05, 0) is 36.2 Å². The number of hydrogen-bond acceptors (Lipinski definition) is 4. The Balaban J connectivity index is 1.52. The summed E-state index contributed by atoms with van der Waals surface area (Å²) >= 11 is 3.40. The van der Waals surface area contributed by atoms with Gasteiger partial charge in [-0.25, -0.2) is 4.98 Å². The SMILES string of the molecule is CN(Cc1ccc(Br)cc1)C(=O)CN1CCCN(c2ccc(C(F)(F)F)cn2)CC1. The molecule has 1 aromatic carbocycles. The minimum absolute atomic E-state index is 0.0408. The number of aromatic nitrogens is 1. The molecular weight excluding hydrogens is 461 g/mol. The van der Waals surface area contributed by atoms with Crippen LogP contribution in [0.1, 0.15) is 17.5 Å². The zero-order valence-electron chi connectivity index (χ0n) is 16.7. The molecule has 2 aromatic rings. The minimum Gasteiger partial charge on any atom is -0.355 e. The molecule has 0 saturated carbocycles. The van der Waals surface area contributed by atoms with Gasteiger partial charge in [0.15, 0.2) is 0 Å². The van der Waals surface area contributed by atoms with Crippen LogP contribution in [0, 0.1) is 0 Å². The molecule has 5 nitrogen and oxygen atoms in total. The van der Waals surface area contributed by atoms with Gasteiger partial charge in [-0.3, -0.25) is 9.69 Å². The van der Waals surface area contributed by atoms with Gasteiger partial charge in [-0.1, -0.05) is 28.1 Å². The molecule has 2 heterocycles. The average Bonchev–Trinajstić information content (AvgIpc) is 2.94. The second kappa shape index (κ2) is 9.78. The molecule has 9 heteroatoms. The number of alkyl halides is 3. The van der Waals surface area contributed by atoms with Gasteiger partial charge in [0.05, 0.1) is 12.1 Å². The molecule has 1 aromatic heterocycles. The highest BCUT2D eigenvalue weighted by molar-refractivity contribution is 9.10. The predicted octanol–water partition coefficient (Wildman–Crippen LogP) is 4.03. The van der Waals surface area contributed by atoms with E-state index in [-0.39, 0.29) is 5.91 Å². The molecule has 1 aliphatic rings. The van der Waals surface area contributed by atoms with Gasteiger partial charge < -0.3 is 9.80 Å². The fraction of sp³-hybridized carbons (Fsp3) is 0.429. The van der Waals surface area contributed by atoms with Gasteiger partial charge in [-0.2, -0.15) is 13.2 Å². The quantitative estimate of drug-likeness (QED) is 0.642. The van der Waals surface area contributed by atoms with Crippen molar-refractivity contribution < 1.29 is 18.0 Å². The molecule has 162 valence electrons. The van der Waals surface area contributed by atoms with Gasteiger partial charge in [-0.15, -0.1) is 0 Å². The third kappa shape index (κ3) is 6.18. The highest BCUT2D eigenvalue weighted by atomic mass is 79.9. The zero-order chi connectivity index (χ0) is 21.7. The molecule has 30 heavy (non-hydrogen) atoms. The maximum atomic E-state index is 12.7. The fourth-order valence-corrected chi connectivity index (χ4v) is 3.63. The summed E-state index contributed by atoms with van der Waals surface area (Å²) in [4.78, 5) is 22.4. The van der Waals surface area contributed by atoms with Crippen molar-refractivity contribution in [1.29, 1.82) is 0 Å². The van der Waals surface area contributed by atoms with Gasteiger partial charge in [0.25, 0.3) is 0 Å². The number of pyridine rings is 1. The summed E-state index contributed by atoms with van der Waals surface area (Å²) in [6.45, 7) is 3.58. The number of amides is 1. The van der Waals surface area contributed by atoms with Crippen LogP contribution in [0.4, 0.5) is 19.0 Å². The summed E-state index contributed by atoms with van der Waals surface area (Å²) < 4.78 is 39.2. The molecular formula is C21H24BrF3N4O. The summed E-state index contributed by atoms with van der Waals surface area (Å²) in [5.41, 5.74) is 0.312. The first-order valence-corrected chi connectivity index (χ1v) is 10.5. The second-order valence-electron chi connectivity index (χ2n) is 7.40. The molecule has 1 aliphatic heterocycles. The molecule has 0 aliphatic carbocycles. The van der Waals surface area contributed by atoms with Crippen LogP contribution in [-0.4, -0.2) is 60.5 Å². The van der Waals surface area contributed by atoms with Crippen LogP contribution in [0.15, 0.2) is 47.1 Å². The Morgan fingerprint density at radius 3 is 2.47 bits per heavy atom. The van der Waals surface area contributed by atoms with Gasteiger partial charge in [0.1, 0.15) is 5.82 Å². The third-order valence-corrected chi connectivity index (χ3v) is 5.63. The fourth-order valence-electron chi connectivity index (χ4n) is 3.36. The standard InChI is InChI=1S/C21H24BrF3N4O/c1-27(14-16-3-6-18(22)7-4-16)20(30)15-28-9-2-10-29(12-11-28)19-8-5-17(13-26-19)21(23,24)25/h3-8,13H,2,9-12,14-15H2,1H3. The Bertz CT molecular complexity index is 843. The number of rotatable bonds is 5. The van der Waals surface area contributed by atoms with E-state index in [0.29, 0.717) is 38.5 Å². The molecule has 0 spiro atoms. The summed E-state index contributed by atoms with van der Waals surface area (Å²) in [5.74, 6) is 0.572.